The molecule has 11 heavy (non-hydrogen) atoms. The third-order valence-corrected chi connectivity index (χ3v) is 1.18. The van der Waals surface area contributed by atoms with E-state index >= 15 is 0 Å². The van der Waals surface area contributed by atoms with Gasteiger partial charge >= 0.3 is 5.95 Å². The van der Waals surface area contributed by atoms with Gasteiger partial charge in [-0.1, -0.05) is 0 Å². The molecule has 4 heteroatoms. The Morgan fingerprint density at radius 3 is 2.18 bits per heavy atom. The molecular weight excluding hydrogens is 144 g/mol. The molecule has 0 spiro atoms. The molecule has 1 aliphatic rings. The van der Waals surface area contributed by atoms with Crippen LogP contribution in [0.1, 0.15) is 6.42 Å². The van der Waals surface area contributed by atoms with E-state index in [-0.39, 0.29) is 11.5 Å². The smallest absolute Gasteiger partial charge is 0.309 e. The van der Waals surface area contributed by atoms with Crippen LogP contribution in [0.3, 0.4) is 0 Å². The minimum Gasteiger partial charge on any atom is -0.464 e. The Balaban J connectivity index is 2.77. The van der Waals surface area contributed by atoms with Crippen molar-refractivity contribution in [3.8, 4) is 12.1 Å². The molecule has 56 valence electrons. The Hall–Kier alpha value is -1.68. The normalized spacial score (nSPS) is 15.3. The molecule has 0 amide bonds. The van der Waals surface area contributed by atoms with Crippen molar-refractivity contribution in [3.05, 3.63) is 11.5 Å². The van der Waals surface area contributed by atoms with Gasteiger partial charge in [0.05, 0.1) is 13.2 Å². The number of hydrogen-bond acceptors (Lipinski definition) is 4. The number of ether oxygens (including phenoxy) is 2. The predicted octanol–water partition coefficient (Wildman–Crippen LogP) is 0.682. The van der Waals surface area contributed by atoms with Crippen LogP contribution in [-0.4, -0.2) is 13.2 Å². The van der Waals surface area contributed by atoms with Crippen molar-refractivity contribution in [1.29, 1.82) is 10.5 Å². The number of rotatable bonds is 0. The van der Waals surface area contributed by atoms with Crippen LogP contribution in [0.15, 0.2) is 11.5 Å². The Bertz CT molecular complexity index is 233. The molecule has 1 aliphatic heterocycles. The maximum Gasteiger partial charge on any atom is 0.309 e. The zero-order valence-corrected chi connectivity index (χ0v) is 5.83. The van der Waals surface area contributed by atoms with E-state index in [9.17, 15) is 0 Å². The summed E-state index contributed by atoms with van der Waals surface area (Å²) in [5.74, 6) is 0.0706. The topological polar surface area (TPSA) is 66.0 Å². The van der Waals surface area contributed by atoms with E-state index < -0.39 is 0 Å². The van der Waals surface area contributed by atoms with Gasteiger partial charge in [0.1, 0.15) is 12.1 Å². The van der Waals surface area contributed by atoms with Crippen molar-refractivity contribution >= 4 is 0 Å². The molecule has 0 atom stereocenters. The van der Waals surface area contributed by atoms with Crippen LogP contribution in [0, 0.1) is 22.7 Å². The highest BCUT2D eigenvalue weighted by atomic mass is 16.7. The molecule has 0 bridgehead atoms. The summed E-state index contributed by atoms with van der Waals surface area (Å²) in [6.07, 6.45) is 0.799. The minimum atomic E-state index is -0.0929. The molecule has 0 radical (unpaired) electrons. The molecule has 4 nitrogen and oxygen atoms in total. The molecule has 0 saturated carbocycles. The minimum absolute atomic E-state index is 0.0706. The summed E-state index contributed by atoms with van der Waals surface area (Å²) >= 11 is 0. The Morgan fingerprint density at radius 1 is 1.18 bits per heavy atom. The molecule has 0 unspecified atom stereocenters. The zero-order valence-electron chi connectivity index (χ0n) is 5.83. The summed E-state index contributed by atoms with van der Waals surface area (Å²) in [4.78, 5) is 0. The van der Waals surface area contributed by atoms with E-state index in [1.807, 2.05) is 0 Å². The lowest BCUT2D eigenvalue weighted by atomic mass is 10.3. The first-order valence-corrected chi connectivity index (χ1v) is 3.18. The third kappa shape index (κ3) is 1.62. The maximum atomic E-state index is 8.39. The monoisotopic (exact) mass is 150 g/mol. The molecule has 1 rings (SSSR count). The third-order valence-electron chi connectivity index (χ3n) is 1.18. The van der Waals surface area contributed by atoms with Crippen LogP contribution in [0.4, 0.5) is 0 Å². The van der Waals surface area contributed by atoms with Crippen LogP contribution in [-0.2, 0) is 9.47 Å². The van der Waals surface area contributed by atoms with Crippen LogP contribution < -0.4 is 0 Å². The number of nitriles is 2. The highest BCUT2D eigenvalue weighted by Crippen LogP contribution is 2.12. The molecule has 0 aromatic carbocycles. The van der Waals surface area contributed by atoms with E-state index in [4.69, 9.17) is 20.0 Å². The average molecular weight is 150 g/mol. The second-order valence-corrected chi connectivity index (χ2v) is 1.94. The average Bonchev–Trinajstić information content (AvgIpc) is 2.09. The van der Waals surface area contributed by atoms with Crippen molar-refractivity contribution in [2.24, 2.45) is 0 Å². The van der Waals surface area contributed by atoms with E-state index in [0.29, 0.717) is 13.2 Å². The lowest BCUT2D eigenvalue weighted by Gasteiger charge is -2.16. The van der Waals surface area contributed by atoms with E-state index in [0.717, 1.165) is 6.42 Å². The summed E-state index contributed by atoms with van der Waals surface area (Å²) in [6, 6.07) is 3.38. The number of hydrogen-bond donors (Lipinski definition) is 0. The predicted molar refractivity (Wildman–Crippen MR) is 34.8 cm³/mol. The Morgan fingerprint density at radius 2 is 1.73 bits per heavy atom. The maximum absolute atomic E-state index is 8.39. The second-order valence-electron chi connectivity index (χ2n) is 1.94. The zero-order chi connectivity index (χ0) is 8.10. The van der Waals surface area contributed by atoms with E-state index in [1.54, 1.807) is 12.1 Å². The van der Waals surface area contributed by atoms with Crippen molar-refractivity contribution in [3.63, 3.8) is 0 Å². The van der Waals surface area contributed by atoms with Crippen molar-refractivity contribution in [2.45, 2.75) is 6.42 Å². The molecule has 0 aromatic rings. The molecule has 0 N–H and O–H groups in total. The molecule has 0 aliphatic carbocycles. The van der Waals surface area contributed by atoms with Crippen LogP contribution >= 0.6 is 0 Å². The van der Waals surface area contributed by atoms with Crippen LogP contribution in [0.2, 0.25) is 0 Å². The fourth-order valence-electron chi connectivity index (χ4n) is 0.691. The second kappa shape index (κ2) is 3.48. The largest absolute Gasteiger partial charge is 0.464 e. The molecule has 1 saturated heterocycles. The van der Waals surface area contributed by atoms with Gasteiger partial charge in [-0.05, 0) is 0 Å². The highest BCUT2D eigenvalue weighted by Gasteiger charge is 2.13. The van der Waals surface area contributed by atoms with Gasteiger partial charge in [0.2, 0.25) is 5.57 Å². The van der Waals surface area contributed by atoms with Crippen molar-refractivity contribution < 1.29 is 9.47 Å². The summed E-state index contributed by atoms with van der Waals surface area (Å²) < 4.78 is 9.87. The lowest BCUT2D eigenvalue weighted by molar-refractivity contribution is -0.0151. The molecule has 0 aromatic heterocycles. The first-order chi connectivity index (χ1) is 5.38. The van der Waals surface area contributed by atoms with Gasteiger partial charge in [0.15, 0.2) is 0 Å². The van der Waals surface area contributed by atoms with Crippen LogP contribution in [0.5, 0.6) is 0 Å². The Labute approximate surface area is 64.2 Å². The summed E-state index contributed by atoms with van der Waals surface area (Å²) in [6.45, 7) is 1.03. The van der Waals surface area contributed by atoms with Crippen LogP contribution in [0.25, 0.3) is 0 Å². The first kappa shape index (κ1) is 7.43. The van der Waals surface area contributed by atoms with Gasteiger partial charge in [-0.15, -0.1) is 0 Å². The summed E-state index contributed by atoms with van der Waals surface area (Å²) in [7, 11) is 0. The molecule has 1 fully saturated rings. The quantitative estimate of drug-likeness (QED) is 0.476. The fraction of sp³-hybridized carbons (Fsp3) is 0.429. The van der Waals surface area contributed by atoms with E-state index in [2.05, 4.69) is 0 Å². The van der Waals surface area contributed by atoms with Crippen molar-refractivity contribution in [2.75, 3.05) is 13.2 Å². The summed E-state index contributed by atoms with van der Waals surface area (Å²) in [5, 5.41) is 16.8. The van der Waals surface area contributed by atoms with Gasteiger partial charge in [-0.2, -0.15) is 10.5 Å². The lowest BCUT2D eigenvalue weighted by Crippen LogP contribution is -2.11. The molecule has 1 heterocycles. The fourth-order valence-corrected chi connectivity index (χ4v) is 0.691. The summed E-state index contributed by atoms with van der Waals surface area (Å²) in [5.41, 5.74) is -0.0929. The van der Waals surface area contributed by atoms with Gasteiger partial charge in [-0.25, -0.2) is 0 Å². The van der Waals surface area contributed by atoms with Gasteiger partial charge < -0.3 is 9.47 Å². The van der Waals surface area contributed by atoms with Gasteiger partial charge in [0, 0.05) is 6.42 Å². The molecular formula is C7H6N2O2. The number of nitrogens with zero attached hydrogens (tertiary/aromatic N) is 2. The van der Waals surface area contributed by atoms with Gasteiger partial charge in [-0.3, -0.25) is 0 Å². The first-order valence-electron chi connectivity index (χ1n) is 3.18. The number of allylic oxidation sites excluding steroid dienone is 1. The van der Waals surface area contributed by atoms with Gasteiger partial charge in [0.25, 0.3) is 0 Å². The Kier molecular flexibility index (Phi) is 2.35. The van der Waals surface area contributed by atoms with E-state index in [1.165, 1.54) is 0 Å². The highest BCUT2D eigenvalue weighted by molar-refractivity contribution is 5.36. The van der Waals surface area contributed by atoms with Crippen molar-refractivity contribution in [1.82, 2.24) is 0 Å². The SMILES string of the molecule is N#CC(C#N)=C1OCCCO1. The standard InChI is InChI=1S/C7H6N2O2/c8-4-6(5-9)7-10-2-1-3-11-7/h1-3H2.